The highest BCUT2D eigenvalue weighted by Gasteiger charge is 2.27. The van der Waals surface area contributed by atoms with Crippen LogP contribution in [0.3, 0.4) is 0 Å². The zero-order chi connectivity index (χ0) is 12.6. The number of aromatic amines is 3. The predicted molar refractivity (Wildman–Crippen MR) is 56.3 cm³/mol. The second kappa shape index (κ2) is 3.99. The fourth-order valence-electron chi connectivity index (χ4n) is 1.36. The summed E-state index contributed by atoms with van der Waals surface area (Å²) in [5.41, 5.74) is -0.249. The molecule has 2 aromatic rings. The van der Waals surface area contributed by atoms with Crippen LogP contribution in [0.15, 0.2) is 4.79 Å². The average molecular weight is 264 g/mol. The fourth-order valence-corrected chi connectivity index (χ4v) is 1.55. The molecule has 0 unspecified atom stereocenters. The van der Waals surface area contributed by atoms with Gasteiger partial charge in [0, 0.05) is 6.42 Å². The molecule has 0 radical (unpaired) electrons. The number of fused-ring (bicyclic) bond motifs is 1. The molecule has 2 aromatic heterocycles. The molecule has 0 bridgehead atoms. The number of alkyl halides is 3. The number of H-pyrrole nitrogens is 3. The van der Waals surface area contributed by atoms with Crippen LogP contribution in [-0.2, 0) is 6.42 Å². The van der Waals surface area contributed by atoms with Gasteiger partial charge in [0.25, 0.3) is 5.56 Å². The molecule has 0 saturated heterocycles. The van der Waals surface area contributed by atoms with Crippen molar-refractivity contribution in [2.45, 2.75) is 19.0 Å². The van der Waals surface area contributed by atoms with Crippen molar-refractivity contribution in [1.29, 1.82) is 0 Å². The lowest BCUT2D eigenvalue weighted by Gasteiger charge is -2.02. The highest BCUT2D eigenvalue weighted by Crippen LogP contribution is 2.21. The maximum absolute atomic E-state index is 12.0. The van der Waals surface area contributed by atoms with Gasteiger partial charge in [-0.2, -0.15) is 13.2 Å². The maximum atomic E-state index is 12.0. The van der Waals surface area contributed by atoms with Crippen LogP contribution in [0.5, 0.6) is 0 Å². The third-order valence-electron chi connectivity index (χ3n) is 2.08. The zero-order valence-electron chi connectivity index (χ0n) is 8.31. The van der Waals surface area contributed by atoms with E-state index < -0.39 is 18.2 Å². The molecule has 5 nitrogen and oxygen atoms in total. The van der Waals surface area contributed by atoms with Crippen LogP contribution in [0, 0.1) is 4.77 Å². The third kappa shape index (κ3) is 2.73. The van der Waals surface area contributed by atoms with E-state index in [-0.39, 0.29) is 28.2 Å². The predicted octanol–water partition coefficient (Wildman–Crippen LogP) is 1.80. The van der Waals surface area contributed by atoms with Crippen molar-refractivity contribution < 1.29 is 13.2 Å². The molecule has 0 saturated carbocycles. The first-order chi connectivity index (χ1) is 7.85. The van der Waals surface area contributed by atoms with E-state index in [0.29, 0.717) is 0 Å². The number of aromatic nitrogens is 4. The van der Waals surface area contributed by atoms with Gasteiger partial charge in [0.2, 0.25) is 0 Å². The van der Waals surface area contributed by atoms with Crippen LogP contribution in [0.25, 0.3) is 11.2 Å². The Morgan fingerprint density at radius 1 is 1.24 bits per heavy atom. The zero-order valence-corrected chi connectivity index (χ0v) is 9.13. The minimum atomic E-state index is -4.25. The van der Waals surface area contributed by atoms with E-state index >= 15 is 0 Å². The molecule has 92 valence electrons. The standard InChI is InChI=1S/C8H7F3N4OS/c9-8(10,11)2-1-3-12-4-5(13-3)14-7(17)15-6(4)16/h1-2H2,(H3,12,13,14,15,16,17). The summed E-state index contributed by atoms with van der Waals surface area (Å²) in [5.74, 6) is 0.0969. The van der Waals surface area contributed by atoms with Gasteiger partial charge in [0.15, 0.2) is 10.4 Å². The first-order valence-corrected chi connectivity index (χ1v) is 5.04. The van der Waals surface area contributed by atoms with Crippen LogP contribution in [-0.4, -0.2) is 26.1 Å². The number of nitrogens with zero attached hydrogens (tertiary/aromatic N) is 1. The summed E-state index contributed by atoms with van der Waals surface area (Å²) in [6, 6.07) is 0. The molecule has 2 heterocycles. The van der Waals surface area contributed by atoms with Gasteiger partial charge in [-0.05, 0) is 12.2 Å². The Balaban J connectivity index is 2.36. The number of imidazole rings is 1. The van der Waals surface area contributed by atoms with Gasteiger partial charge >= 0.3 is 6.18 Å². The Bertz CT molecular complexity index is 653. The summed E-state index contributed by atoms with van der Waals surface area (Å²) in [6.07, 6.45) is -5.55. The summed E-state index contributed by atoms with van der Waals surface area (Å²) in [6.45, 7) is 0. The Morgan fingerprint density at radius 2 is 1.94 bits per heavy atom. The summed E-state index contributed by atoms with van der Waals surface area (Å²) in [4.78, 5) is 22.6. The maximum Gasteiger partial charge on any atom is 0.389 e. The van der Waals surface area contributed by atoms with Gasteiger partial charge in [0.1, 0.15) is 11.3 Å². The summed E-state index contributed by atoms with van der Waals surface area (Å²) in [5, 5.41) is 0. The molecule has 2 rings (SSSR count). The highest BCUT2D eigenvalue weighted by atomic mass is 32.1. The molecular weight excluding hydrogens is 257 g/mol. The highest BCUT2D eigenvalue weighted by molar-refractivity contribution is 7.71. The summed E-state index contributed by atoms with van der Waals surface area (Å²) >= 11 is 4.72. The van der Waals surface area contributed by atoms with Gasteiger partial charge in [-0.1, -0.05) is 0 Å². The van der Waals surface area contributed by atoms with E-state index in [1.807, 2.05) is 0 Å². The summed E-state index contributed by atoms with van der Waals surface area (Å²) < 4.78 is 36.1. The Kier molecular flexibility index (Phi) is 2.77. The van der Waals surface area contributed by atoms with Crippen LogP contribution < -0.4 is 5.56 Å². The Labute approximate surface area is 97.1 Å². The Morgan fingerprint density at radius 3 is 2.59 bits per heavy atom. The van der Waals surface area contributed by atoms with Crippen molar-refractivity contribution >= 4 is 23.4 Å². The molecule has 0 atom stereocenters. The lowest BCUT2D eigenvalue weighted by molar-refractivity contribution is -0.134. The van der Waals surface area contributed by atoms with Crippen molar-refractivity contribution in [3.63, 3.8) is 0 Å². The average Bonchev–Trinajstić information content (AvgIpc) is 2.56. The second-order valence-corrected chi connectivity index (χ2v) is 3.84. The summed E-state index contributed by atoms with van der Waals surface area (Å²) in [7, 11) is 0. The minimum absolute atomic E-state index is 0.0800. The quantitative estimate of drug-likeness (QED) is 0.724. The number of rotatable bonds is 2. The largest absolute Gasteiger partial charge is 0.389 e. The van der Waals surface area contributed by atoms with E-state index in [0.717, 1.165) is 0 Å². The van der Waals surface area contributed by atoms with Crippen LogP contribution >= 0.6 is 12.2 Å². The lowest BCUT2D eigenvalue weighted by atomic mass is 10.3. The van der Waals surface area contributed by atoms with Crippen molar-refractivity contribution in [1.82, 2.24) is 19.9 Å². The number of halogens is 3. The van der Waals surface area contributed by atoms with E-state index in [1.54, 1.807) is 0 Å². The van der Waals surface area contributed by atoms with Crippen LogP contribution in [0.2, 0.25) is 0 Å². The Hall–Kier alpha value is -1.64. The number of aryl methyl sites for hydroxylation is 1. The van der Waals surface area contributed by atoms with E-state index in [4.69, 9.17) is 12.2 Å². The third-order valence-corrected chi connectivity index (χ3v) is 2.29. The van der Waals surface area contributed by atoms with Gasteiger partial charge in [0.05, 0.1) is 6.42 Å². The second-order valence-electron chi connectivity index (χ2n) is 3.43. The van der Waals surface area contributed by atoms with Crippen LogP contribution in [0.1, 0.15) is 12.2 Å². The molecule has 0 spiro atoms. The van der Waals surface area contributed by atoms with Gasteiger partial charge < -0.3 is 9.97 Å². The van der Waals surface area contributed by atoms with Crippen molar-refractivity contribution in [3.8, 4) is 0 Å². The van der Waals surface area contributed by atoms with Crippen LogP contribution in [0.4, 0.5) is 13.2 Å². The van der Waals surface area contributed by atoms with E-state index in [1.165, 1.54) is 0 Å². The molecule has 0 aliphatic carbocycles. The molecule has 0 aliphatic rings. The van der Waals surface area contributed by atoms with Gasteiger partial charge in [-0.3, -0.25) is 9.78 Å². The first kappa shape index (κ1) is 11.8. The van der Waals surface area contributed by atoms with Crippen molar-refractivity contribution in [2.24, 2.45) is 0 Å². The number of hydrogen-bond donors (Lipinski definition) is 3. The van der Waals surface area contributed by atoms with Gasteiger partial charge in [-0.25, -0.2) is 4.98 Å². The lowest BCUT2D eigenvalue weighted by Crippen LogP contribution is -2.09. The first-order valence-electron chi connectivity index (χ1n) is 4.63. The molecule has 0 aliphatic heterocycles. The minimum Gasteiger partial charge on any atom is -0.336 e. The SMILES string of the molecule is O=c1[nH]c(=S)[nH]c2nc(CCC(F)(F)F)[nH]c12. The molecule has 9 heteroatoms. The fraction of sp³-hybridized carbons (Fsp3) is 0.375. The molecule has 0 amide bonds. The van der Waals surface area contributed by atoms with Gasteiger partial charge in [-0.15, -0.1) is 0 Å². The normalized spacial score (nSPS) is 12.2. The molecular formula is C8H7F3N4OS. The smallest absolute Gasteiger partial charge is 0.336 e. The number of hydrogen-bond acceptors (Lipinski definition) is 3. The topological polar surface area (TPSA) is 77.3 Å². The van der Waals surface area contributed by atoms with E-state index in [9.17, 15) is 18.0 Å². The van der Waals surface area contributed by atoms with Crippen molar-refractivity contribution in [3.05, 3.63) is 20.9 Å². The molecule has 0 fully saturated rings. The molecule has 3 N–H and O–H groups in total. The molecule has 17 heavy (non-hydrogen) atoms. The van der Waals surface area contributed by atoms with E-state index in [2.05, 4.69) is 19.9 Å². The number of nitrogens with one attached hydrogen (secondary N) is 3. The monoisotopic (exact) mass is 264 g/mol. The van der Waals surface area contributed by atoms with Crippen molar-refractivity contribution in [2.75, 3.05) is 0 Å². The molecule has 0 aromatic carbocycles.